The van der Waals surface area contributed by atoms with E-state index in [4.69, 9.17) is 9.47 Å². The van der Waals surface area contributed by atoms with Gasteiger partial charge in [-0.25, -0.2) is 4.98 Å². The van der Waals surface area contributed by atoms with Gasteiger partial charge in [0.2, 0.25) is 5.88 Å². The molecule has 0 bridgehead atoms. The minimum atomic E-state index is 0.566. The Balaban J connectivity index is 1.86. The van der Waals surface area contributed by atoms with Crippen molar-refractivity contribution in [1.82, 2.24) is 15.3 Å². The molecule has 0 amide bonds. The van der Waals surface area contributed by atoms with E-state index in [1.165, 1.54) is 0 Å². The predicted molar refractivity (Wildman–Crippen MR) is 76.9 cm³/mol. The Hall–Kier alpha value is -1.98. The number of aryl methyl sites for hydroxylation is 1. The normalized spacial score (nSPS) is 10.5. The minimum absolute atomic E-state index is 0.566. The van der Waals surface area contributed by atoms with E-state index >= 15 is 0 Å². The summed E-state index contributed by atoms with van der Waals surface area (Å²) in [6.45, 7) is 4.23. The Bertz CT molecular complexity index is 512. The van der Waals surface area contributed by atoms with E-state index in [2.05, 4.69) is 15.3 Å². The lowest BCUT2D eigenvalue weighted by Crippen LogP contribution is -2.18. The van der Waals surface area contributed by atoms with Gasteiger partial charge in [-0.05, 0) is 24.6 Å². The highest BCUT2D eigenvalue weighted by Crippen LogP contribution is 2.18. The van der Waals surface area contributed by atoms with Crippen LogP contribution in [0.3, 0.4) is 0 Å². The van der Waals surface area contributed by atoms with Gasteiger partial charge in [-0.3, -0.25) is 4.98 Å². The molecule has 5 heteroatoms. The zero-order valence-corrected chi connectivity index (χ0v) is 11.8. The number of rotatable bonds is 7. The van der Waals surface area contributed by atoms with Crippen LogP contribution in [0.2, 0.25) is 0 Å². The summed E-state index contributed by atoms with van der Waals surface area (Å²) in [4.78, 5) is 8.45. The molecule has 2 aromatic heterocycles. The molecule has 2 heterocycles. The van der Waals surface area contributed by atoms with Crippen molar-refractivity contribution < 1.29 is 9.47 Å². The van der Waals surface area contributed by atoms with E-state index in [0.29, 0.717) is 18.2 Å². The van der Waals surface area contributed by atoms with Gasteiger partial charge in [0.05, 0.1) is 12.8 Å². The molecule has 0 radical (unpaired) electrons. The fourth-order valence-electron chi connectivity index (χ4n) is 1.62. The summed E-state index contributed by atoms with van der Waals surface area (Å²) in [5, 5.41) is 3.26. The number of pyridine rings is 2. The van der Waals surface area contributed by atoms with Crippen molar-refractivity contribution in [2.24, 2.45) is 0 Å². The first-order valence-electron chi connectivity index (χ1n) is 6.53. The molecule has 0 aliphatic rings. The first-order valence-corrected chi connectivity index (χ1v) is 6.53. The van der Waals surface area contributed by atoms with E-state index in [-0.39, 0.29) is 0 Å². The molecule has 0 aromatic carbocycles. The van der Waals surface area contributed by atoms with Gasteiger partial charge < -0.3 is 14.8 Å². The molecular formula is C15H19N3O2. The van der Waals surface area contributed by atoms with Crippen molar-refractivity contribution in [2.45, 2.75) is 13.5 Å². The molecule has 0 aliphatic carbocycles. The highest BCUT2D eigenvalue weighted by molar-refractivity contribution is 5.26. The Morgan fingerprint density at radius 1 is 1.10 bits per heavy atom. The van der Waals surface area contributed by atoms with Gasteiger partial charge in [-0.1, -0.05) is 6.07 Å². The maximum absolute atomic E-state index is 5.62. The van der Waals surface area contributed by atoms with Gasteiger partial charge in [-0.2, -0.15) is 0 Å². The molecule has 2 rings (SSSR count). The average molecular weight is 273 g/mol. The molecule has 0 saturated heterocycles. The van der Waals surface area contributed by atoms with E-state index < -0.39 is 0 Å². The molecule has 0 spiro atoms. The van der Waals surface area contributed by atoms with Crippen LogP contribution in [0.1, 0.15) is 11.3 Å². The lowest BCUT2D eigenvalue weighted by molar-refractivity contribution is 0.199. The highest BCUT2D eigenvalue weighted by atomic mass is 16.5. The second kappa shape index (κ2) is 7.57. The van der Waals surface area contributed by atoms with Crippen LogP contribution in [0.5, 0.6) is 11.6 Å². The smallest absolute Gasteiger partial charge is 0.219 e. The maximum Gasteiger partial charge on any atom is 0.219 e. The number of aromatic nitrogens is 2. The first kappa shape index (κ1) is 14.4. The van der Waals surface area contributed by atoms with Crippen molar-refractivity contribution in [2.75, 3.05) is 20.3 Å². The zero-order valence-electron chi connectivity index (χ0n) is 11.8. The number of ether oxygens (including phenoxy) is 2. The number of hydrogen-bond donors (Lipinski definition) is 1. The maximum atomic E-state index is 5.62. The van der Waals surface area contributed by atoms with Crippen molar-refractivity contribution in [1.29, 1.82) is 0 Å². The molecular weight excluding hydrogens is 254 g/mol. The summed E-state index contributed by atoms with van der Waals surface area (Å²) in [7, 11) is 1.69. The van der Waals surface area contributed by atoms with Crippen molar-refractivity contribution in [3.8, 4) is 11.6 Å². The number of nitrogens with one attached hydrogen (secondary N) is 1. The average Bonchev–Trinajstić information content (AvgIpc) is 2.48. The van der Waals surface area contributed by atoms with Crippen LogP contribution in [0, 0.1) is 6.92 Å². The van der Waals surface area contributed by atoms with Crippen LogP contribution in [0.15, 0.2) is 36.7 Å². The van der Waals surface area contributed by atoms with Crippen LogP contribution in [-0.2, 0) is 11.3 Å². The SMILES string of the molecule is COCCNCc1ccc(Oc2ccc(C)nc2)nc1. The first-order chi connectivity index (χ1) is 9.78. The van der Waals surface area contributed by atoms with E-state index in [0.717, 1.165) is 24.3 Å². The van der Waals surface area contributed by atoms with Gasteiger partial charge in [0, 0.05) is 38.2 Å². The lowest BCUT2D eigenvalue weighted by Gasteiger charge is -2.06. The molecule has 20 heavy (non-hydrogen) atoms. The van der Waals surface area contributed by atoms with Crippen molar-refractivity contribution >= 4 is 0 Å². The van der Waals surface area contributed by atoms with E-state index in [1.807, 2.05) is 31.2 Å². The molecule has 0 saturated carbocycles. The Morgan fingerprint density at radius 3 is 2.65 bits per heavy atom. The van der Waals surface area contributed by atoms with Gasteiger partial charge in [0.1, 0.15) is 5.75 Å². The third kappa shape index (κ3) is 4.60. The minimum Gasteiger partial charge on any atom is -0.437 e. The standard InChI is InChI=1S/C15H19N3O2/c1-12-3-5-14(11-17-12)20-15-6-4-13(10-18-15)9-16-7-8-19-2/h3-6,10-11,16H,7-9H2,1-2H3. The van der Waals surface area contributed by atoms with Crippen molar-refractivity contribution in [3.63, 3.8) is 0 Å². The van der Waals surface area contributed by atoms with Crippen LogP contribution < -0.4 is 10.1 Å². The predicted octanol–water partition coefficient (Wildman–Crippen LogP) is 2.31. The molecule has 1 N–H and O–H groups in total. The Labute approximate surface area is 119 Å². The zero-order chi connectivity index (χ0) is 14.2. The van der Waals surface area contributed by atoms with Crippen LogP contribution >= 0.6 is 0 Å². The largest absolute Gasteiger partial charge is 0.437 e. The van der Waals surface area contributed by atoms with Crippen LogP contribution in [0.25, 0.3) is 0 Å². The van der Waals surface area contributed by atoms with Gasteiger partial charge in [-0.15, -0.1) is 0 Å². The monoisotopic (exact) mass is 273 g/mol. The van der Waals surface area contributed by atoms with Gasteiger partial charge in [0.25, 0.3) is 0 Å². The summed E-state index contributed by atoms with van der Waals surface area (Å²) >= 11 is 0. The summed E-state index contributed by atoms with van der Waals surface area (Å²) in [6, 6.07) is 7.63. The van der Waals surface area contributed by atoms with Gasteiger partial charge in [0.15, 0.2) is 0 Å². The molecule has 106 valence electrons. The highest BCUT2D eigenvalue weighted by Gasteiger charge is 2.00. The molecule has 0 fully saturated rings. The fraction of sp³-hybridized carbons (Fsp3) is 0.333. The van der Waals surface area contributed by atoms with Crippen molar-refractivity contribution in [3.05, 3.63) is 47.9 Å². The fourth-order valence-corrected chi connectivity index (χ4v) is 1.62. The number of hydrogen-bond acceptors (Lipinski definition) is 5. The van der Waals surface area contributed by atoms with E-state index in [1.54, 1.807) is 19.5 Å². The van der Waals surface area contributed by atoms with Crippen LogP contribution in [-0.4, -0.2) is 30.2 Å². The topological polar surface area (TPSA) is 56.3 Å². The Morgan fingerprint density at radius 2 is 2.00 bits per heavy atom. The number of nitrogens with zero attached hydrogens (tertiary/aromatic N) is 2. The Kier molecular flexibility index (Phi) is 5.46. The quantitative estimate of drug-likeness (QED) is 0.785. The molecule has 0 aliphatic heterocycles. The van der Waals surface area contributed by atoms with E-state index in [9.17, 15) is 0 Å². The summed E-state index contributed by atoms with van der Waals surface area (Å²) in [6.07, 6.45) is 3.49. The molecule has 5 nitrogen and oxygen atoms in total. The summed E-state index contributed by atoms with van der Waals surface area (Å²) < 4.78 is 10.6. The summed E-state index contributed by atoms with van der Waals surface area (Å²) in [5.41, 5.74) is 2.07. The number of methoxy groups -OCH3 is 1. The third-order valence-corrected chi connectivity index (χ3v) is 2.72. The summed E-state index contributed by atoms with van der Waals surface area (Å²) in [5.74, 6) is 1.25. The molecule has 0 unspecified atom stereocenters. The second-order valence-electron chi connectivity index (χ2n) is 4.41. The van der Waals surface area contributed by atoms with Gasteiger partial charge >= 0.3 is 0 Å². The second-order valence-corrected chi connectivity index (χ2v) is 4.41. The third-order valence-electron chi connectivity index (χ3n) is 2.72. The molecule has 2 aromatic rings. The lowest BCUT2D eigenvalue weighted by atomic mass is 10.3. The molecule has 0 atom stereocenters. The van der Waals surface area contributed by atoms with Crippen LogP contribution in [0.4, 0.5) is 0 Å².